The van der Waals surface area contributed by atoms with Crippen molar-refractivity contribution < 1.29 is 23.9 Å². The molecule has 7 heteroatoms. The molecular weight excluding hydrogens is 444 g/mol. The predicted octanol–water partition coefficient (Wildman–Crippen LogP) is 3.63. The van der Waals surface area contributed by atoms with Crippen molar-refractivity contribution in [3.05, 3.63) is 59.7 Å². The van der Waals surface area contributed by atoms with E-state index in [2.05, 4.69) is 4.90 Å². The quantitative estimate of drug-likeness (QED) is 0.374. The van der Waals surface area contributed by atoms with E-state index in [1.807, 2.05) is 48.5 Å². The monoisotopic (exact) mass is 474 g/mol. The SMILES string of the molecule is CCN1C(=O)C2C(c3ccc(-c4ccc(C(C)=O)cc4)cc3)N3CCCC[C@@]3(C(=O)OC)C2C1=O. The highest BCUT2D eigenvalue weighted by atomic mass is 16.5. The zero-order chi connectivity index (χ0) is 24.9. The van der Waals surface area contributed by atoms with Crippen LogP contribution in [0.25, 0.3) is 11.1 Å². The highest BCUT2D eigenvalue weighted by Gasteiger charge is 2.72. The lowest BCUT2D eigenvalue weighted by atomic mass is 9.75. The summed E-state index contributed by atoms with van der Waals surface area (Å²) in [6.45, 7) is 4.27. The number of carbonyl (C=O) groups is 4. The third kappa shape index (κ3) is 3.36. The normalized spacial score (nSPS) is 28.1. The summed E-state index contributed by atoms with van der Waals surface area (Å²) < 4.78 is 5.26. The molecule has 182 valence electrons. The molecule has 2 aromatic rings. The van der Waals surface area contributed by atoms with Crippen molar-refractivity contribution in [1.29, 1.82) is 0 Å². The Balaban J connectivity index is 1.56. The molecule has 3 fully saturated rings. The second-order valence-corrected chi connectivity index (χ2v) is 9.69. The Morgan fingerprint density at radius 3 is 2.17 bits per heavy atom. The fraction of sp³-hybridized carbons (Fsp3) is 0.429. The number of methoxy groups -OCH3 is 1. The Kier molecular flexibility index (Phi) is 5.83. The van der Waals surface area contributed by atoms with Crippen LogP contribution in [0.1, 0.15) is 55.1 Å². The number of hydrogen-bond donors (Lipinski definition) is 0. The number of Topliss-reactive ketones (excluding diaryl/α,β-unsaturated/α-hetero) is 1. The molecule has 3 unspecified atom stereocenters. The molecule has 2 aromatic carbocycles. The first-order valence-electron chi connectivity index (χ1n) is 12.3. The summed E-state index contributed by atoms with van der Waals surface area (Å²) in [5, 5.41) is 0. The van der Waals surface area contributed by atoms with E-state index in [-0.39, 0.29) is 23.6 Å². The number of hydrogen-bond acceptors (Lipinski definition) is 6. The largest absolute Gasteiger partial charge is 0.468 e. The lowest BCUT2D eigenvalue weighted by Gasteiger charge is -2.44. The van der Waals surface area contributed by atoms with Crippen LogP contribution in [0, 0.1) is 11.8 Å². The van der Waals surface area contributed by atoms with Crippen LogP contribution in [-0.4, -0.2) is 59.1 Å². The van der Waals surface area contributed by atoms with Crippen LogP contribution in [0.5, 0.6) is 0 Å². The second-order valence-electron chi connectivity index (χ2n) is 9.69. The maximum absolute atomic E-state index is 13.5. The van der Waals surface area contributed by atoms with Gasteiger partial charge in [-0.1, -0.05) is 48.5 Å². The predicted molar refractivity (Wildman–Crippen MR) is 129 cm³/mol. The van der Waals surface area contributed by atoms with Gasteiger partial charge in [0, 0.05) is 18.2 Å². The fourth-order valence-corrected chi connectivity index (χ4v) is 6.50. The van der Waals surface area contributed by atoms with E-state index in [0.717, 1.165) is 29.5 Å². The van der Waals surface area contributed by atoms with Crippen LogP contribution in [0.15, 0.2) is 48.5 Å². The molecule has 3 aliphatic heterocycles. The van der Waals surface area contributed by atoms with E-state index in [9.17, 15) is 19.2 Å². The number of benzene rings is 2. The van der Waals surface area contributed by atoms with Gasteiger partial charge in [-0.2, -0.15) is 0 Å². The number of piperidine rings is 1. The molecule has 0 radical (unpaired) electrons. The topological polar surface area (TPSA) is 84.0 Å². The Hall–Kier alpha value is -3.32. The summed E-state index contributed by atoms with van der Waals surface area (Å²) >= 11 is 0. The van der Waals surface area contributed by atoms with Gasteiger partial charge in [0.2, 0.25) is 11.8 Å². The maximum Gasteiger partial charge on any atom is 0.327 e. The fourth-order valence-electron chi connectivity index (χ4n) is 6.50. The molecule has 7 nitrogen and oxygen atoms in total. The van der Waals surface area contributed by atoms with Gasteiger partial charge in [-0.05, 0) is 56.3 Å². The third-order valence-electron chi connectivity index (χ3n) is 8.08. The second kappa shape index (κ2) is 8.72. The number of esters is 1. The van der Waals surface area contributed by atoms with Gasteiger partial charge in [0.1, 0.15) is 5.54 Å². The van der Waals surface area contributed by atoms with E-state index < -0.39 is 23.3 Å². The van der Waals surface area contributed by atoms with Crippen molar-refractivity contribution in [3.8, 4) is 11.1 Å². The van der Waals surface area contributed by atoms with Crippen molar-refractivity contribution >= 4 is 23.6 Å². The van der Waals surface area contributed by atoms with Gasteiger partial charge in [0.05, 0.1) is 18.9 Å². The van der Waals surface area contributed by atoms with Crippen LogP contribution in [0.4, 0.5) is 0 Å². The molecule has 0 saturated carbocycles. The molecular formula is C28H30N2O5. The van der Waals surface area contributed by atoms with Crippen molar-refractivity contribution in [2.24, 2.45) is 11.8 Å². The van der Waals surface area contributed by atoms with Crippen LogP contribution in [0.3, 0.4) is 0 Å². The number of imide groups is 1. The molecule has 0 aromatic heterocycles. The Bertz CT molecular complexity index is 1190. The average Bonchev–Trinajstić information content (AvgIpc) is 3.33. The smallest absolute Gasteiger partial charge is 0.327 e. The highest BCUT2D eigenvalue weighted by molar-refractivity contribution is 6.09. The number of nitrogens with zero attached hydrogens (tertiary/aromatic N) is 2. The molecule has 5 rings (SSSR count). The molecule has 0 spiro atoms. The molecule has 3 heterocycles. The van der Waals surface area contributed by atoms with Crippen molar-refractivity contribution in [1.82, 2.24) is 9.80 Å². The lowest BCUT2D eigenvalue weighted by Crippen LogP contribution is -2.59. The Labute approximate surface area is 205 Å². The van der Waals surface area contributed by atoms with Crippen LogP contribution in [-0.2, 0) is 19.1 Å². The van der Waals surface area contributed by atoms with Crippen LogP contribution < -0.4 is 0 Å². The molecule has 0 aliphatic carbocycles. The van der Waals surface area contributed by atoms with Gasteiger partial charge in [0.25, 0.3) is 0 Å². The first-order chi connectivity index (χ1) is 16.8. The first kappa shape index (κ1) is 23.4. The zero-order valence-electron chi connectivity index (χ0n) is 20.3. The third-order valence-corrected chi connectivity index (χ3v) is 8.08. The number of carbonyl (C=O) groups excluding carboxylic acids is 4. The molecule has 0 bridgehead atoms. The summed E-state index contributed by atoms with van der Waals surface area (Å²) in [5.41, 5.74) is 2.44. The van der Waals surface area contributed by atoms with Gasteiger partial charge in [-0.25, -0.2) is 0 Å². The van der Waals surface area contributed by atoms with Crippen LogP contribution in [0.2, 0.25) is 0 Å². The molecule has 35 heavy (non-hydrogen) atoms. The standard InChI is InChI=1S/C28H30N2O5/c1-4-29-25(32)22-23(26(29)33)28(27(34)35-3)15-5-6-16-30(28)24(22)21-13-11-20(12-14-21)19-9-7-18(8-10-19)17(2)31/h7-14,22-24H,4-6,15-16H2,1-3H3/t22?,23?,24?,28-/m0/s1. The summed E-state index contributed by atoms with van der Waals surface area (Å²) in [6, 6.07) is 15.1. The van der Waals surface area contributed by atoms with E-state index in [1.165, 1.54) is 12.0 Å². The van der Waals surface area contributed by atoms with Gasteiger partial charge >= 0.3 is 5.97 Å². The number of ketones is 1. The minimum absolute atomic E-state index is 0.0233. The van der Waals surface area contributed by atoms with E-state index in [4.69, 9.17) is 4.74 Å². The Morgan fingerprint density at radius 1 is 0.971 bits per heavy atom. The molecule has 4 atom stereocenters. The van der Waals surface area contributed by atoms with E-state index >= 15 is 0 Å². The first-order valence-corrected chi connectivity index (χ1v) is 12.3. The molecule has 2 amide bonds. The number of fused-ring (bicyclic) bond motifs is 3. The molecule has 3 aliphatic rings. The number of likely N-dealkylation sites (tertiary alicyclic amines) is 1. The summed E-state index contributed by atoms with van der Waals surface area (Å²) in [6.07, 6.45) is 2.22. The summed E-state index contributed by atoms with van der Waals surface area (Å²) in [7, 11) is 1.36. The van der Waals surface area contributed by atoms with Gasteiger partial charge in [0.15, 0.2) is 5.78 Å². The van der Waals surface area contributed by atoms with Crippen molar-refractivity contribution in [2.75, 3.05) is 20.2 Å². The molecule has 0 N–H and O–H groups in total. The van der Waals surface area contributed by atoms with Crippen LogP contribution >= 0.6 is 0 Å². The molecule has 3 saturated heterocycles. The minimum Gasteiger partial charge on any atom is -0.468 e. The summed E-state index contributed by atoms with van der Waals surface area (Å²) in [4.78, 5) is 55.2. The van der Waals surface area contributed by atoms with Gasteiger partial charge in [-0.15, -0.1) is 0 Å². The zero-order valence-corrected chi connectivity index (χ0v) is 20.3. The van der Waals surface area contributed by atoms with Crippen molar-refractivity contribution in [2.45, 2.75) is 44.7 Å². The number of rotatable bonds is 5. The highest BCUT2D eigenvalue weighted by Crippen LogP contribution is 2.58. The Morgan fingerprint density at radius 2 is 1.60 bits per heavy atom. The lowest BCUT2D eigenvalue weighted by molar-refractivity contribution is -0.164. The maximum atomic E-state index is 13.5. The number of amides is 2. The van der Waals surface area contributed by atoms with Gasteiger partial charge in [-0.3, -0.25) is 29.0 Å². The van der Waals surface area contributed by atoms with Crippen molar-refractivity contribution in [3.63, 3.8) is 0 Å². The summed E-state index contributed by atoms with van der Waals surface area (Å²) in [5.74, 6) is -2.20. The average molecular weight is 475 g/mol. The van der Waals surface area contributed by atoms with E-state index in [1.54, 1.807) is 13.8 Å². The number of ether oxygens (including phenoxy) is 1. The van der Waals surface area contributed by atoms with E-state index in [0.29, 0.717) is 25.1 Å². The van der Waals surface area contributed by atoms with Gasteiger partial charge < -0.3 is 4.74 Å². The minimum atomic E-state index is -1.11.